The molecular formula is C26H53IN2O. The molecule has 1 fully saturated rings. The average Bonchev–Trinajstić information content (AvgIpc) is 2.70. The lowest BCUT2D eigenvalue weighted by molar-refractivity contribution is -0.894. The van der Waals surface area contributed by atoms with Gasteiger partial charge >= 0.3 is 0 Å². The number of rotatable bonds is 18. The summed E-state index contributed by atoms with van der Waals surface area (Å²) in [7, 11) is 4.52. The van der Waals surface area contributed by atoms with Crippen LogP contribution < -0.4 is 24.0 Å². The first kappa shape index (κ1) is 30.2. The van der Waals surface area contributed by atoms with Crippen LogP contribution in [0.1, 0.15) is 122 Å². The number of nitrogens with zero attached hydrogens (tertiary/aromatic N) is 2. The summed E-state index contributed by atoms with van der Waals surface area (Å²) in [5.41, 5.74) is 0. The van der Waals surface area contributed by atoms with Crippen molar-refractivity contribution in [2.24, 2.45) is 0 Å². The minimum atomic E-state index is 0. The molecule has 180 valence electrons. The summed E-state index contributed by atoms with van der Waals surface area (Å²) in [5.74, 6) is 0.394. The summed E-state index contributed by atoms with van der Waals surface area (Å²) in [4.78, 5) is 14.4. The van der Waals surface area contributed by atoms with E-state index in [0.29, 0.717) is 5.91 Å². The van der Waals surface area contributed by atoms with E-state index in [-0.39, 0.29) is 24.0 Å². The Morgan fingerprint density at radius 2 is 0.967 bits per heavy atom. The fraction of sp³-hybridized carbons (Fsp3) is 0.962. The molecule has 0 radical (unpaired) electrons. The highest BCUT2D eigenvalue weighted by Crippen LogP contribution is 2.15. The van der Waals surface area contributed by atoms with Gasteiger partial charge in [-0.15, -0.1) is 0 Å². The number of amides is 1. The number of piperazine rings is 1. The maximum absolute atomic E-state index is 12.3. The van der Waals surface area contributed by atoms with Gasteiger partial charge in [0.15, 0.2) is 0 Å². The Bertz CT molecular complexity index is 390. The Hall–Kier alpha value is 0.160. The summed E-state index contributed by atoms with van der Waals surface area (Å²) in [6.45, 7) is 6.39. The summed E-state index contributed by atoms with van der Waals surface area (Å²) in [5, 5.41) is 0. The third-order valence-corrected chi connectivity index (χ3v) is 6.80. The molecule has 4 heteroatoms. The van der Waals surface area contributed by atoms with Crippen molar-refractivity contribution in [3.63, 3.8) is 0 Å². The fourth-order valence-corrected chi connectivity index (χ4v) is 4.42. The quantitative estimate of drug-likeness (QED) is 0.148. The number of quaternary nitrogens is 1. The second-order valence-electron chi connectivity index (χ2n) is 10.2. The van der Waals surface area contributed by atoms with Gasteiger partial charge in [0.2, 0.25) is 5.91 Å². The minimum absolute atomic E-state index is 0. The molecule has 1 amide bonds. The minimum Gasteiger partial charge on any atom is -1.00 e. The largest absolute Gasteiger partial charge is 1.00 e. The molecule has 0 unspecified atom stereocenters. The SMILES string of the molecule is CCCCCCCCCCCCCCCCCCCC(=O)N1CC[N+](C)(C)CC1.[I-]. The zero-order valence-electron chi connectivity index (χ0n) is 20.7. The van der Waals surface area contributed by atoms with Crippen LogP contribution in [0, 0.1) is 0 Å². The van der Waals surface area contributed by atoms with E-state index in [2.05, 4.69) is 25.9 Å². The van der Waals surface area contributed by atoms with Crippen molar-refractivity contribution in [2.45, 2.75) is 122 Å². The maximum Gasteiger partial charge on any atom is 0.222 e. The van der Waals surface area contributed by atoms with Crippen LogP contribution in [0.5, 0.6) is 0 Å². The molecule has 0 N–H and O–H groups in total. The smallest absolute Gasteiger partial charge is 0.222 e. The molecule has 0 aromatic carbocycles. The topological polar surface area (TPSA) is 20.3 Å². The lowest BCUT2D eigenvalue weighted by Gasteiger charge is -2.39. The predicted octanol–water partition coefficient (Wildman–Crippen LogP) is 3.95. The Morgan fingerprint density at radius 1 is 0.633 bits per heavy atom. The zero-order chi connectivity index (χ0) is 21.2. The summed E-state index contributed by atoms with van der Waals surface area (Å²) >= 11 is 0. The number of carbonyl (C=O) groups excluding carboxylic acids is 1. The van der Waals surface area contributed by atoms with Gasteiger partial charge in [-0.25, -0.2) is 0 Å². The lowest BCUT2D eigenvalue weighted by Crippen LogP contribution is -3.00. The third-order valence-electron chi connectivity index (χ3n) is 6.80. The van der Waals surface area contributed by atoms with E-state index in [9.17, 15) is 4.79 Å². The van der Waals surface area contributed by atoms with Crippen LogP contribution in [0.3, 0.4) is 0 Å². The first-order valence-electron chi connectivity index (χ1n) is 13.1. The number of halogens is 1. The van der Waals surface area contributed by atoms with Gasteiger partial charge < -0.3 is 33.4 Å². The zero-order valence-corrected chi connectivity index (χ0v) is 22.9. The predicted molar refractivity (Wildman–Crippen MR) is 127 cm³/mol. The second-order valence-corrected chi connectivity index (χ2v) is 10.2. The van der Waals surface area contributed by atoms with Crippen molar-refractivity contribution in [1.82, 2.24) is 4.90 Å². The van der Waals surface area contributed by atoms with Crippen LogP contribution in [0.4, 0.5) is 0 Å². The molecule has 1 heterocycles. The first-order valence-corrected chi connectivity index (χ1v) is 13.1. The molecule has 0 spiro atoms. The van der Waals surface area contributed by atoms with E-state index in [4.69, 9.17) is 0 Å². The molecule has 0 aromatic heterocycles. The molecule has 3 nitrogen and oxygen atoms in total. The molecule has 0 aromatic rings. The second kappa shape index (κ2) is 19.8. The Labute approximate surface area is 206 Å². The molecule has 1 rings (SSSR count). The number of unbranched alkanes of at least 4 members (excludes halogenated alkanes) is 16. The van der Waals surface area contributed by atoms with Crippen LogP contribution in [-0.4, -0.2) is 55.6 Å². The summed E-state index contributed by atoms with van der Waals surface area (Å²) in [6, 6.07) is 0. The Kier molecular flexibility index (Phi) is 19.9. The van der Waals surface area contributed by atoms with Gasteiger partial charge in [0, 0.05) is 6.42 Å². The first-order chi connectivity index (χ1) is 14.0. The van der Waals surface area contributed by atoms with Gasteiger partial charge in [0.05, 0.1) is 40.3 Å². The van der Waals surface area contributed by atoms with Crippen LogP contribution in [0.25, 0.3) is 0 Å². The maximum atomic E-state index is 12.3. The monoisotopic (exact) mass is 536 g/mol. The number of likely N-dealkylation sites (N-methyl/N-ethyl adjacent to an activating group) is 1. The average molecular weight is 537 g/mol. The lowest BCUT2D eigenvalue weighted by atomic mass is 10.0. The summed E-state index contributed by atoms with van der Waals surface area (Å²) < 4.78 is 1.06. The van der Waals surface area contributed by atoms with Gasteiger partial charge in [0.1, 0.15) is 0 Å². The molecular weight excluding hydrogens is 483 g/mol. The van der Waals surface area contributed by atoms with Crippen molar-refractivity contribution in [3.05, 3.63) is 0 Å². The van der Waals surface area contributed by atoms with Crippen LogP contribution >= 0.6 is 0 Å². The highest BCUT2D eigenvalue weighted by atomic mass is 127. The standard InChI is InChI=1S/C26H53N2O.HI/c1-4-5-6-7-8-9-10-11-12-13-14-15-16-17-18-19-20-21-26(29)27-22-24-28(2,3)25-23-27;/h4-25H2,1-3H3;1H/q+1;/p-1. The fourth-order valence-electron chi connectivity index (χ4n) is 4.42. The highest BCUT2D eigenvalue weighted by molar-refractivity contribution is 5.76. The van der Waals surface area contributed by atoms with Crippen molar-refractivity contribution >= 4 is 5.91 Å². The van der Waals surface area contributed by atoms with Gasteiger partial charge in [-0.1, -0.05) is 110 Å². The number of carbonyl (C=O) groups is 1. The molecule has 0 atom stereocenters. The summed E-state index contributed by atoms with van der Waals surface area (Å²) in [6.07, 6.45) is 24.4. The van der Waals surface area contributed by atoms with E-state index < -0.39 is 0 Å². The van der Waals surface area contributed by atoms with E-state index in [0.717, 1.165) is 43.5 Å². The van der Waals surface area contributed by atoms with Gasteiger partial charge in [-0.3, -0.25) is 4.79 Å². The Balaban J connectivity index is 0.00000841. The molecule has 1 saturated heterocycles. The van der Waals surface area contributed by atoms with Crippen molar-refractivity contribution in [2.75, 3.05) is 40.3 Å². The van der Waals surface area contributed by atoms with Crippen LogP contribution in [0.15, 0.2) is 0 Å². The van der Waals surface area contributed by atoms with E-state index in [1.807, 2.05) is 0 Å². The van der Waals surface area contributed by atoms with Crippen molar-refractivity contribution in [3.8, 4) is 0 Å². The normalized spacial score (nSPS) is 15.8. The van der Waals surface area contributed by atoms with Gasteiger partial charge in [0.25, 0.3) is 0 Å². The van der Waals surface area contributed by atoms with E-state index in [1.54, 1.807) is 0 Å². The number of hydrogen-bond acceptors (Lipinski definition) is 1. The highest BCUT2D eigenvalue weighted by Gasteiger charge is 2.26. The molecule has 0 aliphatic carbocycles. The van der Waals surface area contributed by atoms with E-state index in [1.165, 1.54) is 103 Å². The van der Waals surface area contributed by atoms with Crippen molar-refractivity contribution < 1.29 is 33.3 Å². The molecule has 0 bridgehead atoms. The Morgan fingerprint density at radius 3 is 1.33 bits per heavy atom. The molecule has 0 saturated carbocycles. The molecule has 1 aliphatic heterocycles. The van der Waals surface area contributed by atoms with E-state index >= 15 is 0 Å². The molecule has 30 heavy (non-hydrogen) atoms. The molecule has 1 aliphatic rings. The van der Waals surface area contributed by atoms with Gasteiger partial charge in [-0.2, -0.15) is 0 Å². The third kappa shape index (κ3) is 16.8. The van der Waals surface area contributed by atoms with Crippen LogP contribution in [0.2, 0.25) is 0 Å². The van der Waals surface area contributed by atoms with Crippen LogP contribution in [-0.2, 0) is 4.79 Å². The van der Waals surface area contributed by atoms with Crippen molar-refractivity contribution in [1.29, 1.82) is 0 Å². The van der Waals surface area contributed by atoms with Gasteiger partial charge in [-0.05, 0) is 6.42 Å². The number of hydrogen-bond donors (Lipinski definition) is 0.